The van der Waals surface area contributed by atoms with Crippen LogP contribution < -0.4 is 5.56 Å². The zero-order valence-corrected chi connectivity index (χ0v) is 13.1. The molecule has 1 unspecified atom stereocenters. The van der Waals surface area contributed by atoms with Gasteiger partial charge in [0.2, 0.25) is 5.91 Å². The van der Waals surface area contributed by atoms with Crippen LogP contribution in [0, 0.1) is 0 Å². The summed E-state index contributed by atoms with van der Waals surface area (Å²) in [6.07, 6.45) is 4.23. The Balaban J connectivity index is 1.49. The quantitative estimate of drug-likeness (QED) is 0.723. The Hall–Kier alpha value is -2.96. The molecule has 3 aromatic rings. The van der Waals surface area contributed by atoms with Crippen LogP contribution in [-0.4, -0.2) is 43.2 Å². The average Bonchev–Trinajstić information content (AvgIpc) is 3.23. The second-order valence-corrected chi connectivity index (χ2v) is 5.94. The predicted octanol–water partition coefficient (Wildman–Crippen LogP) is 1.07. The Morgan fingerprint density at radius 1 is 1.21 bits per heavy atom. The molecule has 122 valence electrons. The van der Waals surface area contributed by atoms with E-state index >= 15 is 0 Å². The molecule has 7 heteroatoms. The molecule has 0 N–H and O–H groups in total. The minimum Gasteiger partial charge on any atom is -0.339 e. The number of fused-ring (bicyclic) bond motifs is 1. The minimum atomic E-state index is -0.262. The van der Waals surface area contributed by atoms with E-state index < -0.39 is 0 Å². The zero-order valence-electron chi connectivity index (χ0n) is 13.1. The van der Waals surface area contributed by atoms with Crippen molar-refractivity contribution in [3.05, 3.63) is 59.3 Å². The first-order valence-electron chi connectivity index (χ1n) is 7.94. The first kappa shape index (κ1) is 14.6. The Morgan fingerprint density at radius 2 is 2.08 bits per heavy atom. The number of carbonyl (C=O) groups is 1. The molecule has 24 heavy (non-hydrogen) atoms. The summed E-state index contributed by atoms with van der Waals surface area (Å²) in [5.74, 6) is -0.0808. The number of amides is 1. The third-order valence-electron chi connectivity index (χ3n) is 4.46. The Kier molecular flexibility index (Phi) is 3.60. The van der Waals surface area contributed by atoms with Crippen molar-refractivity contribution in [2.45, 2.75) is 19.0 Å². The lowest BCUT2D eigenvalue weighted by molar-refractivity contribution is -0.131. The third kappa shape index (κ3) is 2.58. The maximum atomic E-state index is 12.4. The van der Waals surface area contributed by atoms with Gasteiger partial charge in [0.15, 0.2) is 0 Å². The minimum absolute atomic E-state index is 0.0168. The average molecular weight is 323 g/mol. The van der Waals surface area contributed by atoms with Gasteiger partial charge in [0, 0.05) is 25.4 Å². The van der Waals surface area contributed by atoms with Crippen molar-refractivity contribution in [2.75, 3.05) is 13.1 Å². The van der Waals surface area contributed by atoms with Gasteiger partial charge in [-0.3, -0.25) is 9.59 Å². The number of para-hydroxylation sites is 2. The number of hydrogen-bond acceptors (Lipinski definition) is 4. The molecule has 4 rings (SSSR count). The zero-order chi connectivity index (χ0) is 16.5. The number of likely N-dealkylation sites (tertiary alicyclic amines) is 1. The number of carbonyl (C=O) groups excluding carboxylic acids is 1. The molecule has 0 saturated carbocycles. The van der Waals surface area contributed by atoms with Crippen LogP contribution in [0.5, 0.6) is 0 Å². The molecule has 3 heterocycles. The molecular weight excluding hydrogens is 306 g/mol. The van der Waals surface area contributed by atoms with Gasteiger partial charge in [0.05, 0.1) is 23.4 Å². The van der Waals surface area contributed by atoms with Crippen LogP contribution in [0.25, 0.3) is 11.0 Å². The number of aromatic nitrogens is 4. The van der Waals surface area contributed by atoms with Crippen molar-refractivity contribution in [3.8, 4) is 0 Å². The number of rotatable bonds is 3. The number of nitrogens with zero attached hydrogens (tertiary/aromatic N) is 5. The molecule has 1 atom stereocenters. The fraction of sp³-hybridized carbons (Fsp3) is 0.294. The smallest absolute Gasteiger partial charge is 0.267 e. The second kappa shape index (κ2) is 5.92. The van der Waals surface area contributed by atoms with Crippen LogP contribution in [0.3, 0.4) is 0 Å². The largest absolute Gasteiger partial charge is 0.339 e. The second-order valence-electron chi connectivity index (χ2n) is 5.94. The summed E-state index contributed by atoms with van der Waals surface area (Å²) >= 11 is 0. The molecule has 0 spiro atoms. The van der Waals surface area contributed by atoms with Gasteiger partial charge in [0.25, 0.3) is 5.56 Å². The summed E-state index contributed by atoms with van der Waals surface area (Å²) < 4.78 is 3.33. The van der Waals surface area contributed by atoms with Gasteiger partial charge in [0.1, 0.15) is 6.54 Å². The molecule has 1 aliphatic heterocycles. The topological polar surface area (TPSA) is 73.0 Å². The molecule has 7 nitrogen and oxygen atoms in total. The lowest BCUT2D eigenvalue weighted by Gasteiger charge is -2.17. The summed E-state index contributed by atoms with van der Waals surface area (Å²) in [4.78, 5) is 30.3. The lowest BCUT2D eigenvalue weighted by atomic mass is 10.2. The third-order valence-corrected chi connectivity index (χ3v) is 4.46. The van der Waals surface area contributed by atoms with Crippen molar-refractivity contribution >= 4 is 16.9 Å². The first-order valence-corrected chi connectivity index (χ1v) is 7.94. The van der Waals surface area contributed by atoms with E-state index in [1.54, 1.807) is 11.0 Å². The Morgan fingerprint density at radius 3 is 2.96 bits per heavy atom. The van der Waals surface area contributed by atoms with Gasteiger partial charge in [-0.05, 0) is 24.6 Å². The molecule has 1 saturated heterocycles. The van der Waals surface area contributed by atoms with Crippen LogP contribution in [0.1, 0.15) is 12.5 Å². The fourth-order valence-electron chi connectivity index (χ4n) is 3.20. The normalized spacial score (nSPS) is 17.5. The molecular formula is C17H17N5O2. The van der Waals surface area contributed by atoms with Gasteiger partial charge in [-0.1, -0.05) is 12.1 Å². The van der Waals surface area contributed by atoms with Crippen LogP contribution in [0.15, 0.2) is 53.7 Å². The van der Waals surface area contributed by atoms with Crippen LogP contribution in [0.2, 0.25) is 0 Å². The highest BCUT2D eigenvalue weighted by molar-refractivity contribution is 5.77. The number of benzene rings is 1. The standard InChI is InChI=1S/C17H17N5O2/c23-16-6-3-8-19-22(16)11-17(24)20-9-7-13(10-20)21-12-18-14-4-1-2-5-15(14)21/h1-6,8,12-13H,7,9-11H2. The van der Waals surface area contributed by atoms with E-state index in [0.29, 0.717) is 13.1 Å². The van der Waals surface area contributed by atoms with Gasteiger partial charge >= 0.3 is 0 Å². The first-order chi connectivity index (χ1) is 11.7. The summed E-state index contributed by atoms with van der Waals surface area (Å²) in [5.41, 5.74) is 1.78. The maximum absolute atomic E-state index is 12.4. The van der Waals surface area contributed by atoms with Gasteiger partial charge in [-0.2, -0.15) is 5.10 Å². The highest BCUT2D eigenvalue weighted by Gasteiger charge is 2.28. The van der Waals surface area contributed by atoms with E-state index in [4.69, 9.17) is 0 Å². The van der Waals surface area contributed by atoms with Crippen molar-refractivity contribution < 1.29 is 4.79 Å². The fourth-order valence-corrected chi connectivity index (χ4v) is 3.20. The molecule has 0 radical (unpaired) electrons. The lowest BCUT2D eigenvalue weighted by Crippen LogP contribution is -2.35. The van der Waals surface area contributed by atoms with E-state index in [9.17, 15) is 9.59 Å². The van der Waals surface area contributed by atoms with Gasteiger partial charge < -0.3 is 9.47 Å². The van der Waals surface area contributed by atoms with Crippen molar-refractivity contribution in [2.24, 2.45) is 0 Å². The predicted molar refractivity (Wildman–Crippen MR) is 88.5 cm³/mol. The van der Waals surface area contributed by atoms with Crippen LogP contribution in [0.4, 0.5) is 0 Å². The van der Waals surface area contributed by atoms with E-state index in [-0.39, 0.29) is 24.1 Å². The van der Waals surface area contributed by atoms with E-state index in [1.165, 1.54) is 16.9 Å². The summed E-state index contributed by atoms with van der Waals surface area (Å²) in [6, 6.07) is 11.2. The SMILES string of the molecule is O=C(Cn1ncccc1=O)N1CCC(n2cnc3ccccc32)C1. The van der Waals surface area contributed by atoms with E-state index in [0.717, 1.165) is 17.5 Å². The van der Waals surface area contributed by atoms with Gasteiger partial charge in [-0.15, -0.1) is 0 Å². The molecule has 1 aliphatic rings. The summed E-state index contributed by atoms with van der Waals surface area (Å²) in [6.45, 7) is 1.29. The monoisotopic (exact) mass is 323 g/mol. The highest BCUT2D eigenvalue weighted by Crippen LogP contribution is 2.25. The maximum Gasteiger partial charge on any atom is 0.267 e. The highest BCUT2D eigenvalue weighted by atomic mass is 16.2. The summed E-state index contributed by atoms with van der Waals surface area (Å²) in [5, 5.41) is 3.94. The van der Waals surface area contributed by atoms with Crippen molar-refractivity contribution in [1.29, 1.82) is 0 Å². The molecule has 1 amide bonds. The summed E-state index contributed by atoms with van der Waals surface area (Å²) in [7, 11) is 0. The molecule has 0 bridgehead atoms. The molecule has 2 aromatic heterocycles. The van der Waals surface area contributed by atoms with E-state index in [2.05, 4.69) is 14.6 Å². The molecule has 1 aromatic carbocycles. The van der Waals surface area contributed by atoms with Crippen molar-refractivity contribution in [3.63, 3.8) is 0 Å². The van der Waals surface area contributed by atoms with E-state index in [1.807, 2.05) is 30.6 Å². The van der Waals surface area contributed by atoms with Crippen LogP contribution in [-0.2, 0) is 11.3 Å². The van der Waals surface area contributed by atoms with Crippen molar-refractivity contribution in [1.82, 2.24) is 24.2 Å². The Labute approximate surface area is 138 Å². The Bertz CT molecular complexity index is 945. The van der Waals surface area contributed by atoms with Crippen LogP contribution >= 0.6 is 0 Å². The number of hydrogen-bond donors (Lipinski definition) is 0. The van der Waals surface area contributed by atoms with Gasteiger partial charge in [-0.25, -0.2) is 9.67 Å². The number of imidazole rings is 1. The molecule has 0 aliphatic carbocycles. The molecule has 1 fully saturated rings.